The lowest BCUT2D eigenvalue weighted by Crippen LogP contribution is -2.38. The Balaban J connectivity index is 1.52. The van der Waals surface area contributed by atoms with Gasteiger partial charge in [-0.05, 0) is 28.4 Å². The Morgan fingerprint density at radius 3 is 3.00 bits per heavy atom. The van der Waals surface area contributed by atoms with E-state index in [4.69, 9.17) is 4.74 Å². The van der Waals surface area contributed by atoms with Crippen LogP contribution in [0, 0.1) is 0 Å². The smallest absolute Gasteiger partial charge is 0.305 e. The van der Waals surface area contributed by atoms with Crippen molar-refractivity contribution in [2.75, 3.05) is 13.7 Å². The van der Waals surface area contributed by atoms with E-state index in [9.17, 15) is 9.59 Å². The molecule has 0 aliphatic carbocycles. The molecule has 0 radical (unpaired) electrons. The van der Waals surface area contributed by atoms with E-state index >= 15 is 0 Å². The highest BCUT2D eigenvalue weighted by Gasteiger charge is 2.26. The average molecular weight is 431 g/mol. The highest BCUT2D eigenvalue weighted by molar-refractivity contribution is 9.10. The summed E-state index contributed by atoms with van der Waals surface area (Å²) in [6, 6.07) is 5.81. The second-order valence-corrected chi connectivity index (χ2v) is 7.34. The van der Waals surface area contributed by atoms with Crippen molar-refractivity contribution in [3.63, 3.8) is 0 Å². The number of aromatic nitrogens is 3. The molecule has 1 aromatic carbocycles. The van der Waals surface area contributed by atoms with Gasteiger partial charge in [0.2, 0.25) is 0 Å². The Kier molecular flexibility index (Phi) is 4.73. The second-order valence-electron chi connectivity index (χ2n) is 6.48. The minimum Gasteiger partial charge on any atom is -0.469 e. The quantitative estimate of drug-likeness (QED) is 0.645. The minimum atomic E-state index is -0.233. The lowest BCUT2D eigenvalue weighted by atomic mass is 10.1. The van der Waals surface area contributed by atoms with E-state index in [1.165, 1.54) is 7.11 Å². The molecule has 0 fully saturated rings. The van der Waals surface area contributed by atoms with E-state index in [2.05, 4.69) is 30.5 Å². The molecule has 3 heterocycles. The summed E-state index contributed by atoms with van der Waals surface area (Å²) in [4.78, 5) is 33.9. The van der Waals surface area contributed by atoms with Crippen LogP contribution in [0.15, 0.2) is 35.1 Å². The third kappa shape index (κ3) is 3.25. The standard InChI is InChI=1S/C19H19BrN4O3/c1-27-17(25)6-5-12-9-21-16-11-23(7-8-24(12)16)19(26)14-10-22-18-13(14)3-2-4-15(18)20/h2-4,9-10,22H,5-8,11H2,1H3. The maximum absolute atomic E-state index is 13.0. The number of imidazole rings is 1. The predicted molar refractivity (Wildman–Crippen MR) is 103 cm³/mol. The summed E-state index contributed by atoms with van der Waals surface area (Å²) < 4.78 is 7.73. The molecule has 1 amide bonds. The molecule has 0 saturated heterocycles. The fourth-order valence-electron chi connectivity index (χ4n) is 3.49. The van der Waals surface area contributed by atoms with Crippen molar-refractivity contribution in [2.45, 2.75) is 25.9 Å². The van der Waals surface area contributed by atoms with Gasteiger partial charge in [0.1, 0.15) is 5.82 Å². The van der Waals surface area contributed by atoms with Gasteiger partial charge < -0.3 is 19.2 Å². The molecule has 0 bridgehead atoms. The van der Waals surface area contributed by atoms with Crippen molar-refractivity contribution in [2.24, 2.45) is 0 Å². The van der Waals surface area contributed by atoms with Gasteiger partial charge in [-0.2, -0.15) is 0 Å². The minimum absolute atomic E-state index is 0.00953. The van der Waals surface area contributed by atoms with Gasteiger partial charge in [0.15, 0.2) is 0 Å². The molecule has 0 atom stereocenters. The zero-order valence-electron chi connectivity index (χ0n) is 14.9. The first-order valence-corrected chi connectivity index (χ1v) is 9.52. The monoisotopic (exact) mass is 430 g/mol. The number of aromatic amines is 1. The van der Waals surface area contributed by atoms with Crippen molar-refractivity contribution in [3.05, 3.63) is 52.1 Å². The number of aryl methyl sites for hydroxylation is 1. The normalized spacial score (nSPS) is 13.6. The first-order chi connectivity index (χ1) is 13.1. The van der Waals surface area contributed by atoms with Crippen LogP contribution in [-0.4, -0.2) is 45.0 Å². The van der Waals surface area contributed by atoms with Crippen molar-refractivity contribution >= 4 is 38.7 Å². The number of carbonyl (C=O) groups excluding carboxylic acids is 2. The summed E-state index contributed by atoms with van der Waals surface area (Å²) in [6.45, 7) is 1.73. The lowest BCUT2D eigenvalue weighted by molar-refractivity contribution is -0.140. The number of hydrogen-bond acceptors (Lipinski definition) is 4. The number of amides is 1. The van der Waals surface area contributed by atoms with Gasteiger partial charge in [0.25, 0.3) is 5.91 Å². The number of methoxy groups -OCH3 is 1. The number of halogens is 1. The SMILES string of the molecule is COC(=O)CCc1cnc2n1CCN(C(=O)c1c[nH]c3c(Br)cccc13)C2. The number of carbonyl (C=O) groups is 2. The van der Waals surface area contributed by atoms with Gasteiger partial charge in [-0.1, -0.05) is 12.1 Å². The number of ether oxygens (including phenoxy) is 1. The molecule has 3 aromatic rings. The van der Waals surface area contributed by atoms with E-state index in [-0.39, 0.29) is 11.9 Å². The molecule has 4 rings (SSSR count). The number of para-hydroxylation sites is 1. The number of rotatable bonds is 4. The number of fused-ring (bicyclic) bond motifs is 2. The molecular formula is C19H19BrN4O3. The van der Waals surface area contributed by atoms with Gasteiger partial charge >= 0.3 is 5.97 Å². The molecule has 1 N–H and O–H groups in total. The molecule has 7 nitrogen and oxygen atoms in total. The Labute approximate surface area is 164 Å². The molecule has 27 heavy (non-hydrogen) atoms. The van der Waals surface area contributed by atoms with Crippen molar-refractivity contribution in [3.8, 4) is 0 Å². The van der Waals surface area contributed by atoms with Crippen LogP contribution in [-0.2, 0) is 29.0 Å². The van der Waals surface area contributed by atoms with E-state index in [1.807, 2.05) is 23.1 Å². The first kappa shape index (κ1) is 17.8. The number of nitrogens with zero attached hydrogens (tertiary/aromatic N) is 3. The van der Waals surface area contributed by atoms with Crippen LogP contribution in [0.3, 0.4) is 0 Å². The molecule has 8 heteroatoms. The maximum atomic E-state index is 13.0. The zero-order valence-corrected chi connectivity index (χ0v) is 16.5. The molecular weight excluding hydrogens is 412 g/mol. The summed E-state index contributed by atoms with van der Waals surface area (Å²) >= 11 is 3.51. The van der Waals surface area contributed by atoms with Crippen LogP contribution in [0.4, 0.5) is 0 Å². The number of nitrogens with one attached hydrogen (secondary N) is 1. The largest absolute Gasteiger partial charge is 0.469 e. The topological polar surface area (TPSA) is 80.2 Å². The van der Waals surface area contributed by atoms with Crippen LogP contribution >= 0.6 is 15.9 Å². The van der Waals surface area contributed by atoms with Crippen LogP contribution in [0.2, 0.25) is 0 Å². The molecule has 140 valence electrons. The fourth-order valence-corrected chi connectivity index (χ4v) is 3.97. The zero-order chi connectivity index (χ0) is 19.0. The molecule has 0 spiro atoms. The highest BCUT2D eigenvalue weighted by Crippen LogP contribution is 2.27. The summed E-state index contributed by atoms with van der Waals surface area (Å²) in [5.74, 6) is 0.601. The van der Waals surface area contributed by atoms with Crippen molar-refractivity contribution in [1.29, 1.82) is 0 Å². The summed E-state index contributed by atoms with van der Waals surface area (Å²) in [5.41, 5.74) is 2.58. The second kappa shape index (κ2) is 7.19. The average Bonchev–Trinajstić information content (AvgIpc) is 3.30. The van der Waals surface area contributed by atoms with Gasteiger partial charge in [-0.15, -0.1) is 0 Å². The van der Waals surface area contributed by atoms with Crippen molar-refractivity contribution < 1.29 is 14.3 Å². The van der Waals surface area contributed by atoms with Gasteiger partial charge in [-0.3, -0.25) is 9.59 Å². The lowest BCUT2D eigenvalue weighted by Gasteiger charge is -2.28. The van der Waals surface area contributed by atoms with Crippen molar-refractivity contribution in [1.82, 2.24) is 19.4 Å². The third-order valence-electron chi connectivity index (χ3n) is 4.94. The Bertz CT molecular complexity index is 1020. The van der Waals surface area contributed by atoms with E-state index in [0.29, 0.717) is 38.0 Å². The molecule has 2 aromatic heterocycles. The number of hydrogen-bond donors (Lipinski definition) is 1. The van der Waals surface area contributed by atoms with E-state index < -0.39 is 0 Å². The molecule has 1 aliphatic rings. The fraction of sp³-hybridized carbons (Fsp3) is 0.316. The van der Waals surface area contributed by atoms with E-state index in [1.54, 1.807) is 12.4 Å². The van der Waals surface area contributed by atoms with Crippen LogP contribution in [0.5, 0.6) is 0 Å². The Morgan fingerprint density at radius 2 is 2.19 bits per heavy atom. The Morgan fingerprint density at radius 1 is 1.33 bits per heavy atom. The number of esters is 1. The first-order valence-electron chi connectivity index (χ1n) is 8.73. The molecule has 0 unspecified atom stereocenters. The third-order valence-corrected chi connectivity index (χ3v) is 5.60. The Hall–Kier alpha value is -2.61. The van der Waals surface area contributed by atoms with Gasteiger partial charge in [0, 0.05) is 41.0 Å². The number of H-pyrrole nitrogens is 1. The summed E-state index contributed by atoms with van der Waals surface area (Å²) in [6.07, 6.45) is 4.47. The summed E-state index contributed by atoms with van der Waals surface area (Å²) in [7, 11) is 1.39. The van der Waals surface area contributed by atoms with Gasteiger partial charge in [-0.25, -0.2) is 4.98 Å². The van der Waals surface area contributed by atoms with Crippen LogP contribution in [0.1, 0.15) is 28.3 Å². The summed E-state index contributed by atoms with van der Waals surface area (Å²) in [5, 5.41) is 0.905. The van der Waals surface area contributed by atoms with Gasteiger partial charge in [0.05, 0.1) is 31.2 Å². The van der Waals surface area contributed by atoms with E-state index in [0.717, 1.165) is 26.9 Å². The number of benzene rings is 1. The predicted octanol–water partition coefficient (Wildman–Crippen LogP) is 2.89. The molecule has 1 aliphatic heterocycles. The highest BCUT2D eigenvalue weighted by atomic mass is 79.9. The maximum Gasteiger partial charge on any atom is 0.305 e. The van der Waals surface area contributed by atoms with Crippen LogP contribution < -0.4 is 0 Å². The molecule has 0 saturated carbocycles. The van der Waals surface area contributed by atoms with Crippen LogP contribution in [0.25, 0.3) is 10.9 Å².